The third-order valence-electron chi connectivity index (χ3n) is 2.37. The number of rotatable bonds is 4. The van der Waals surface area contributed by atoms with Crippen molar-refractivity contribution in [3.63, 3.8) is 0 Å². The zero-order valence-electron chi connectivity index (χ0n) is 9.65. The zero-order valence-corrected chi connectivity index (χ0v) is 10.4. The van der Waals surface area contributed by atoms with Crippen molar-refractivity contribution in [2.24, 2.45) is 0 Å². The van der Waals surface area contributed by atoms with Gasteiger partial charge in [0.15, 0.2) is 0 Å². The Kier molecular flexibility index (Phi) is 3.94. The van der Waals surface area contributed by atoms with Crippen molar-refractivity contribution >= 4 is 17.4 Å². The lowest BCUT2D eigenvalue weighted by Gasteiger charge is -2.05. The predicted octanol–water partition coefficient (Wildman–Crippen LogP) is 3.15. The number of hydrogen-bond acceptors (Lipinski definition) is 3. The molecule has 4 heteroatoms. The SMILES string of the molecule is CCNc1ccnc(Cc2ccccc2Cl)n1. The lowest BCUT2D eigenvalue weighted by Crippen LogP contribution is -2.03. The van der Waals surface area contributed by atoms with Gasteiger partial charge in [-0.25, -0.2) is 9.97 Å². The summed E-state index contributed by atoms with van der Waals surface area (Å²) in [7, 11) is 0. The molecule has 0 atom stereocenters. The summed E-state index contributed by atoms with van der Waals surface area (Å²) in [5.41, 5.74) is 1.04. The van der Waals surface area contributed by atoms with Gasteiger partial charge >= 0.3 is 0 Å². The van der Waals surface area contributed by atoms with Crippen LogP contribution in [0.4, 0.5) is 5.82 Å². The van der Waals surface area contributed by atoms with Gasteiger partial charge in [0.2, 0.25) is 0 Å². The van der Waals surface area contributed by atoms with Crippen LogP contribution >= 0.6 is 11.6 Å². The molecule has 0 amide bonds. The fourth-order valence-electron chi connectivity index (χ4n) is 1.58. The van der Waals surface area contributed by atoms with Crippen LogP contribution in [0.25, 0.3) is 0 Å². The second-order valence-corrected chi connectivity index (χ2v) is 4.06. The summed E-state index contributed by atoms with van der Waals surface area (Å²) < 4.78 is 0. The van der Waals surface area contributed by atoms with Crippen LogP contribution in [0.15, 0.2) is 36.5 Å². The highest BCUT2D eigenvalue weighted by Crippen LogP contribution is 2.17. The quantitative estimate of drug-likeness (QED) is 0.902. The topological polar surface area (TPSA) is 37.8 Å². The van der Waals surface area contributed by atoms with E-state index in [1.807, 2.05) is 37.3 Å². The normalized spacial score (nSPS) is 10.2. The Morgan fingerprint density at radius 3 is 2.82 bits per heavy atom. The molecule has 3 nitrogen and oxygen atoms in total. The molecule has 88 valence electrons. The minimum Gasteiger partial charge on any atom is -0.370 e. The van der Waals surface area contributed by atoms with Gasteiger partial charge in [0, 0.05) is 24.2 Å². The highest BCUT2D eigenvalue weighted by atomic mass is 35.5. The fourth-order valence-corrected chi connectivity index (χ4v) is 1.78. The van der Waals surface area contributed by atoms with Crippen LogP contribution in [0, 0.1) is 0 Å². The lowest BCUT2D eigenvalue weighted by molar-refractivity contribution is 0.962. The lowest BCUT2D eigenvalue weighted by atomic mass is 10.1. The van der Waals surface area contributed by atoms with E-state index < -0.39 is 0 Å². The number of hydrogen-bond donors (Lipinski definition) is 1. The summed E-state index contributed by atoms with van der Waals surface area (Å²) in [4.78, 5) is 8.67. The minimum absolute atomic E-state index is 0.652. The van der Waals surface area contributed by atoms with Crippen molar-refractivity contribution in [3.05, 3.63) is 52.9 Å². The van der Waals surface area contributed by atoms with Crippen molar-refractivity contribution in [1.82, 2.24) is 9.97 Å². The molecule has 0 aliphatic heterocycles. The number of aromatic nitrogens is 2. The molecular weight excluding hydrogens is 234 g/mol. The van der Waals surface area contributed by atoms with Crippen LogP contribution in [0.1, 0.15) is 18.3 Å². The van der Waals surface area contributed by atoms with Gasteiger partial charge in [-0.2, -0.15) is 0 Å². The van der Waals surface area contributed by atoms with Crippen molar-refractivity contribution < 1.29 is 0 Å². The molecule has 1 heterocycles. The molecule has 2 aromatic rings. The van der Waals surface area contributed by atoms with Crippen LogP contribution in [0.5, 0.6) is 0 Å². The van der Waals surface area contributed by atoms with E-state index in [9.17, 15) is 0 Å². The number of halogens is 1. The summed E-state index contributed by atoms with van der Waals surface area (Å²) in [5.74, 6) is 1.63. The van der Waals surface area contributed by atoms with E-state index in [0.717, 1.165) is 28.8 Å². The van der Waals surface area contributed by atoms with Gasteiger partial charge in [-0.15, -0.1) is 0 Å². The largest absolute Gasteiger partial charge is 0.370 e. The molecule has 0 aliphatic carbocycles. The molecule has 2 rings (SSSR count). The molecule has 17 heavy (non-hydrogen) atoms. The summed E-state index contributed by atoms with van der Waals surface area (Å²) in [6.45, 7) is 2.89. The first-order valence-electron chi connectivity index (χ1n) is 5.59. The fraction of sp³-hybridized carbons (Fsp3) is 0.231. The van der Waals surface area contributed by atoms with Crippen LogP contribution in [-0.2, 0) is 6.42 Å². The molecule has 0 unspecified atom stereocenters. The standard InChI is InChI=1S/C13H14ClN3/c1-2-15-12-7-8-16-13(17-12)9-10-5-3-4-6-11(10)14/h3-8H,2,9H2,1H3,(H,15,16,17). The zero-order chi connectivity index (χ0) is 12.1. The van der Waals surface area contributed by atoms with Crippen LogP contribution < -0.4 is 5.32 Å². The monoisotopic (exact) mass is 247 g/mol. The molecule has 0 radical (unpaired) electrons. The Morgan fingerprint density at radius 1 is 1.24 bits per heavy atom. The van der Waals surface area contributed by atoms with Crippen molar-refractivity contribution in [1.29, 1.82) is 0 Å². The first kappa shape index (κ1) is 11.9. The van der Waals surface area contributed by atoms with E-state index in [1.54, 1.807) is 6.20 Å². The Labute approximate surface area is 106 Å². The van der Waals surface area contributed by atoms with Gasteiger partial charge in [0.05, 0.1) is 0 Å². The molecular formula is C13H14ClN3. The van der Waals surface area contributed by atoms with E-state index in [2.05, 4.69) is 15.3 Å². The average molecular weight is 248 g/mol. The predicted molar refractivity (Wildman–Crippen MR) is 70.5 cm³/mol. The number of anilines is 1. The second kappa shape index (κ2) is 5.64. The van der Waals surface area contributed by atoms with Gasteiger partial charge < -0.3 is 5.32 Å². The van der Waals surface area contributed by atoms with Gasteiger partial charge in [0.25, 0.3) is 0 Å². The van der Waals surface area contributed by atoms with Gasteiger partial charge in [-0.3, -0.25) is 0 Å². The summed E-state index contributed by atoms with van der Waals surface area (Å²) in [6.07, 6.45) is 2.41. The Balaban J connectivity index is 2.18. The third kappa shape index (κ3) is 3.17. The van der Waals surface area contributed by atoms with Crippen LogP contribution in [-0.4, -0.2) is 16.5 Å². The van der Waals surface area contributed by atoms with E-state index in [4.69, 9.17) is 11.6 Å². The van der Waals surface area contributed by atoms with E-state index in [1.165, 1.54) is 0 Å². The summed E-state index contributed by atoms with van der Waals surface area (Å²) in [6, 6.07) is 9.62. The molecule has 0 saturated heterocycles. The first-order chi connectivity index (χ1) is 8.29. The van der Waals surface area contributed by atoms with Crippen molar-refractivity contribution in [2.75, 3.05) is 11.9 Å². The van der Waals surface area contributed by atoms with Crippen LogP contribution in [0.3, 0.4) is 0 Å². The number of nitrogens with one attached hydrogen (secondary N) is 1. The molecule has 0 aliphatic rings. The number of nitrogens with zero attached hydrogens (tertiary/aromatic N) is 2. The maximum absolute atomic E-state index is 6.10. The Morgan fingerprint density at radius 2 is 2.06 bits per heavy atom. The number of benzene rings is 1. The molecule has 0 spiro atoms. The Bertz CT molecular complexity index is 500. The van der Waals surface area contributed by atoms with E-state index in [-0.39, 0.29) is 0 Å². The smallest absolute Gasteiger partial charge is 0.135 e. The molecule has 0 fully saturated rings. The molecule has 1 N–H and O–H groups in total. The van der Waals surface area contributed by atoms with E-state index in [0.29, 0.717) is 6.42 Å². The van der Waals surface area contributed by atoms with Crippen LogP contribution in [0.2, 0.25) is 5.02 Å². The van der Waals surface area contributed by atoms with E-state index >= 15 is 0 Å². The molecule has 0 bridgehead atoms. The van der Waals surface area contributed by atoms with Gasteiger partial charge in [0.1, 0.15) is 11.6 Å². The minimum atomic E-state index is 0.652. The van der Waals surface area contributed by atoms with Gasteiger partial charge in [-0.1, -0.05) is 29.8 Å². The van der Waals surface area contributed by atoms with Gasteiger partial charge in [-0.05, 0) is 24.6 Å². The van der Waals surface area contributed by atoms with Crippen molar-refractivity contribution in [2.45, 2.75) is 13.3 Å². The third-order valence-corrected chi connectivity index (χ3v) is 2.74. The highest BCUT2D eigenvalue weighted by molar-refractivity contribution is 6.31. The Hall–Kier alpha value is -1.61. The average Bonchev–Trinajstić information content (AvgIpc) is 2.33. The van der Waals surface area contributed by atoms with Crippen molar-refractivity contribution in [3.8, 4) is 0 Å². The summed E-state index contributed by atoms with van der Waals surface area (Å²) >= 11 is 6.10. The maximum Gasteiger partial charge on any atom is 0.135 e. The molecule has 1 aromatic heterocycles. The first-order valence-corrected chi connectivity index (χ1v) is 5.96. The molecule has 0 saturated carbocycles. The molecule has 1 aromatic carbocycles. The summed E-state index contributed by atoms with van der Waals surface area (Å²) in [5, 5.41) is 3.92. The highest BCUT2D eigenvalue weighted by Gasteiger charge is 2.03. The second-order valence-electron chi connectivity index (χ2n) is 3.66. The maximum atomic E-state index is 6.10.